The smallest absolute Gasteiger partial charge is 0.276 e. The molecule has 1 aliphatic rings. The molecule has 26 heavy (non-hydrogen) atoms. The molecule has 134 valence electrons. The summed E-state index contributed by atoms with van der Waals surface area (Å²) < 4.78 is 3.72. The van der Waals surface area contributed by atoms with Crippen LogP contribution in [-0.4, -0.2) is 43.5 Å². The van der Waals surface area contributed by atoms with Gasteiger partial charge in [0.25, 0.3) is 5.91 Å². The molecule has 2 N–H and O–H groups in total. The second kappa shape index (κ2) is 7.09. The Morgan fingerprint density at radius 1 is 1.35 bits per heavy atom. The molecule has 3 aromatic rings. The Morgan fingerprint density at radius 3 is 3.04 bits per heavy atom. The fraction of sp³-hybridized carbons (Fsp3) is 0.333. The van der Waals surface area contributed by atoms with Gasteiger partial charge in [-0.3, -0.25) is 9.48 Å². The van der Waals surface area contributed by atoms with Crippen molar-refractivity contribution in [2.24, 2.45) is 7.05 Å². The molecule has 1 unspecified atom stereocenters. The van der Waals surface area contributed by atoms with E-state index in [2.05, 4.69) is 25.9 Å². The number of aryl methyl sites for hydroxylation is 1. The van der Waals surface area contributed by atoms with E-state index in [4.69, 9.17) is 0 Å². The van der Waals surface area contributed by atoms with E-state index < -0.39 is 0 Å². The van der Waals surface area contributed by atoms with E-state index in [0.29, 0.717) is 17.4 Å². The third-order valence-electron chi connectivity index (χ3n) is 4.58. The Balaban J connectivity index is 1.48. The van der Waals surface area contributed by atoms with Crippen LogP contribution in [0.25, 0.3) is 11.4 Å². The molecule has 0 spiro atoms. The SMILES string of the molecule is Cn1cnnc1-c1cccc(NC(=O)c2ccn(C3CCCNC3)n2)c1. The minimum Gasteiger partial charge on any atom is -0.321 e. The zero-order valence-corrected chi connectivity index (χ0v) is 14.6. The number of amides is 1. The molecule has 0 bridgehead atoms. The average Bonchev–Trinajstić information content (AvgIpc) is 3.32. The largest absolute Gasteiger partial charge is 0.321 e. The number of carbonyl (C=O) groups excluding carboxylic acids is 1. The summed E-state index contributed by atoms with van der Waals surface area (Å²) in [7, 11) is 1.88. The summed E-state index contributed by atoms with van der Waals surface area (Å²) in [4.78, 5) is 12.5. The molecule has 1 amide bonds. The van der Waals surface area contributed by atoms with Gasteiger partial charge in [-0.1, -0.05) is 12.1 Å². The molecule has 4 rings (SSSR count). The number of piperidine rings is 1. The molecule has 1 aromatic carbocycles. The lowest BCUT2D eigenvalue weighted by Crippen LogP contribution is -2.32. The second-order valence-electron chi connectivity index (χ2n) is 6.48. The zero-order chi connectivity index (χ0) is 17.9. The van der Waals surface area contributed by atoms with Crippen LogP contribution in [0.2, 0.25) is 0 Å². The second-order valence-corrected chi connectivity index (χ2v) is 6.48. The molecule has 0 saturated carbocycles. The first kappa shape index (κ1) is 16.5. The van der Waals surface area contributed by atoms with E-state index in [-0.39, 0.29) is 5.91 Å². The summed E-state index contributed by atoms with van der Waals surface area (Å²) in [6.45, 7) is 1.94. The van der Waals surface area contributed by atoms with Crippen molar-refractivity contribution in [3.8, 4) is 11.4 Å². The van der Waals surface area contributed by atoms with Gasteiger partial charge in [-0.2, -0.15) is 5.10 Å². The van der Waals surface area contributed by atoms with E-state index in [1.54, 1.807) is 12.4 Å². The standard InChI is InChI=1S/C18H21N7O/c1-24-12-20-22-17(24)13-4-2-5-14(10-13)21-18(26)16-7-9-25(23-16)15-6-3-8-19-11-15/h2,4-5,7,9-10,12,15,19H,3,6,8,11H2,1H3,(H,21,26). The van der Waals surface area contributed by atoms with E-state index in [1.807, 2.05) is 46.8 Å². The highest BCUT2D eigenvalue weighted by atomic mass is 16.1. The quantitative estimate of drug-likeness (QED) is 0.749. The molecule has 0 radical (unpaired) electrons. The van der Waals surface area contributed by atoms with E-state index in [1.165, 1.54) is 0 Å². The van der Waals surface area contributed by atoms with Crippen molar-refractivity contribution < 1.29 is 4.79 Å². The summed E-state index contributed by atoms with van der Waals surface area (Å²) in [5.41, 5.74) is 2.01. The fourth-order valence-corrected chi connectivity index (χ4v) is 3.20. The van der Waals surface area contributed by atoms with Crippen molar-refractivity contribution in [1.82, 2.24) is 29.9 Å². The summed E-state index contributed by atoms with van der Waals surface area (Å²) in [6.07, 6.45) is 5.73. The van der Waals surface area contributed by atoms with Gasteiger partial charge in [-0.05, 0) is 37.6 Å². The number of anilines is 1. The third kappa shape index (κ3) is 3.36. The lowest BCUT2D eigenvalue weighted by Gasteiger charge is -2.22. The molecular formula is C18H21N7O. The Kier molecular flexibility index (Phi) is 4.49. The van der Waals surface area contributed by atoms with Crippen LogP contribution in [0.1, 0.15) is 29.4 Å². The third-order valence-corrected chi connectivity index (χ3v) is 4.58. The molecule has 1 saturated heterocycles. The number of hydrogen-bond acceptors (Lipinski definition) is 5. The van der Waals surface area contributed by atoms with Gasteiger partial charge in [0.2, 0.25) is 0 Å². The summed E-state index contributed by atoms with van der Waals surface area (Å²) >= 11 is 0. The van der Waals surface area contributed by atoms with Crippen molar-refractivity contribution >= 4 is 11.6 Å². The maximum Gasteiger partial charge on any atom is 0.276 e. The highest BCUT2D eigenvalue weighted by Crippen LogP contribution is 2.21. The van der Waals surface area contributed by atoms with E-state index in [9.17, 15) is 4.79 Å². The number of carbonyl (C=O) groups is 1. The van der Waals surface area contributed by atoms with Crippen LogP contribution in [0, 0.1) is 0 Å². The first-order valence-corrected chi connectivity index (χ1v) is 8.72. The molecular weight excluding hydrogens is 330 g/mol. The van der Waals surface area contributed by atoms with Gasteiger partial charge < -0.3 is 15.2 Å². The molecule has 0 aliphatic carbocycles. The van der Waals surface area contributed by atoms with Crippen LogP contribution in [-0.2, 0) is 7.05 Å². The number of nitrogens with zero attached hydrogens (tertiary/aromatic N) is 5. The molecule has 8 nitrogen and oxygen atoms in total. The number of benzene rings is 1. The number of aromatic nitrogens is 5. The zero-order valence-electron chi connectivity index (χ0n) is 14.6. The molecule has 8 heteroatoms. The summed E-state index contributed by atoms with van der Waals surface area (Å²) in [5.74, 6) is 0.526. The topological polar surface area (TPSA) is 89.7 Å². The fourth-order valence-electron chi connectivity index (χ4n) is 3.20. The van der Waals surface area contributed by atoms with E-state index >= 15 is 0 Å². The lowest BCUT2D eigenvalue weighted by atomic mass is 10.1. The maximum absolute atomic E-state index is 12.5. The Labute approximate surface area is 151 Å². The highest BCUT2D eigenvalue weighted by Gasteiger charge is 2.18. The first-order chi connectivity index (χ1) is 12.7. The van der Waals surface area contributed by atoms with Gasteiger partial charge in [-0.25, -0.2) is 0 Å². The Bertz CT molecular complexity index is 908. The van der Waals surface area contributed by atoms with Crippen LogP contribution < -0.4 is 10.6 Å². The predicted molar refractivity (Wildman–Crippen MR) is 97.8 cm³/mol. The van der Waals surface area contributed by atoms with Gasteiger partial charge in [0.05, 0.1) is 6.04 Å². The maximum atomic E-state index is 12.5. The molecule has 3 heterocycles. The normalized spacial score (nSPS) is 17.2. The Morgan fingerprint density at radius 2 is 2.27 bits per heavy atom. The lowest BCUT2D eigenvalue weighted by molar-refractivity contribution is 0.102. The summed E-state index contributed by atoms with van der Waals surface area (Å²) in [5, 5.41) is 18.7. The Hall–Kier alpha value is -3.00. The van der Waals surface area contributed by atoms with Crippen LogP contribution in [0.15, 0.2) is 42.9 Å². The number of rotatable bonds is 4. The van der Waals surface area contributed by atoms with Crippen LogP contribution in [0.4, 0.5) is 5.69 Å². The monoisotopic (exact) mass is 351 g/mol. The molecule has 1 aliphatic heterocycles. The number of hydrogen-bond donors (Lipinski definition) is 2. The van der Waals surface area contributed by atoms with Gasteiger partial charge in [0.15, 0.2) is 11.5 Å². The number of nitrogens with one attached hydrogen (secondary N) is 2. The van der Waals surface area contributed by atoms with Gasteiger partial charge in [0.1, 0.15) is 6.33 Å². The van der Waals surface area contributed by atoms with Gasteiger partial charge in [0, 0.05) is 31.0 Å². The van der Waals surface area contributed by atoms with Gasteiger partial charge >= 0.3 is 0 Å². The van der Waals surface area contributed by atoms with E-state index in [0.717, 1.165) is 37.3 Å². The van der Waals surface area contributed by atoms with Crippen molar-refractivity contribution in [3.05, 3.63) is 48.5 Å². The molecule has 2 aromatic heterocycles. The summed E-state index contributed by atoms with van der Waals surface area (Å²) in [6, 6.07) is 9.61. The predicted octanol–water partition coefficient (Wildman–Crippen LogP) is 1.86. The van der Waals surface area contributed by atoms with Crippen LogP contribution in [0.3, 0.4) is 0 Å². The minimum absolute atomic E-state index is 0.220. The van der Waals surface area contributed by atoms with Crippen molar-refractivity contribution in [3.63, 3.8) is 0 Å². The minimum atomic E-state index is -0.220. The van der Waals surface area contributed by atoms with Crippen LogP contribution in [0.5, 0.6) is 0 Å². The first-order valence-electron chi connectivity index (χ1n) is 8.72. The molecule has 1 fully saturated rings. The highest BCUT2D eigenvalue weighted by molar-refractivity contribution is 6.03. The van der Waals surface area contributed by atoms with Crippen LogP contribution >= 0.6 is 0 Å². The molecule has 1 atom stereocenters. The van der Waals surface area contributed by atoms with Crippen molar-refractivity contribution in [2.45, 2.75) is 18.9 Å². The average molecular weight is 351 g/mol. The van der Waals surface area contributed by atoms with Crippen molar-refractivity contribution in [2.75, 3.05) is 18.4 Å². The van der Waals surface area contributed by atoms with Crippen molar-refractivity contribution in [1.29, 1.82) is 0 Å². The van der Waals surface area contributed by atoms with Gasteiger partial charge in [-0.15, -0.1) is 10.2 Å².